The van der Waals surface area contributed by atoms with Gasteiger partial charge in [-0.05, 0) is 62.1 Å². The second kappa shape index (κ2) is 15.3. The molecular weight excluding hydrogens is 432 g/mol. The Morgan fingerprint density at radius 2 is 1.70 bits per heavy atom. The van der Waals surface area contributed by atoms with E-state index in [-0.39, 0.29) is 5.41 Å². The molecule has 0 aromatic heterocycles. The highest BCUT2D eigenvalue weighted by Crippen LogP contribution is 2.36. The van der Waals surface area contributed by atoms with E-state index in [1.54, 1.807) is 0 Å². The van der Waals surface area contributed by atoms with E-state index in [1.165, 1.54) is 28.1 Å². The van der Waals surface area contributed by atoms with Crippen LogP contribution in [0.15, 0.2) is 46.9 Å². The second-order valence-electron chi connectivity index (χ2n) is 7.14. The summed E-state index contributed by atoms with van der Waals surface area (Å²) in [6.45, 7) is 17.9. The highest BCUT2D eigenvalue weighted by molar-refractivity contribution is 9.10. The van der Waals surface area contributed by atoms with Crippen molar-refractivity contribution in [2.24, 2.45) is 0 Å². The summed E-state index contributed by atoms with van der Waals surface area (Å²) in [6.07, 6.45) is 6.73. The second-order valence-corrected chi connectivity index (χ2v) is 8.06. The minimum absolute atomic E-state index is 0.125. The van der Waals surface area contributed by atoms with E-state index in [0.29, 0.717) is 0 Å². The fourth-order valence-corrected chi connectivity index (χ4v) is 3.73. The highest BCUT2D eigenvalue weighted by atomic mass is 79.9. The van der Waals surface area contributed by atoms with Crippen LogP contribution in [0.5, 0.6) is 0 Å². The first-order chi connectivity index (χ1) is 14.4. The van der Waals surface area contributed by atoms with Gasteiger partial charge in [0.25, 0.3) is 0 Å². The van der Waals surface area contributed by atoms with Crippen molar-refractivity contribution in [3.05, 3.63) is 63.6 Å². The molecule has 0 fully saturated rings. The average molecular weight is 477 g/mol. The number of anilines is 1. The molecule has 2 aromatic rings. The van der Waals surface area contributed by atoms with Crippen LogP contribution in [0, 0.1) is 6.92 Å². The lowest BCUT2D eigenvalue weighted by molar-refractivity contribution is -0.540. The quantitative estimate of drug-likeness (QED) is 0.373. The first-order valence-corrected chi connectivity index (χ1v) is 12.3. The van der Waals surface area contributed by atoms with Crippen LogP contribution in [0.4, 0.5) is 11.4 Å². The Kier molecular flexibility index (Phi) is 14.5. The predicted molar refractivity (Wildman–Crippen MR) is 141 cm³/mol. The van der Waals surface area contributed by atoms with Crippen molar-refractivity contribution in [3.63, 3.8) is 0 Å². The van der Waals surface area contributed by atoms with Gasteiger partial charge < -0.3 is 10.6 Å². The monoisotopic (exact) mass is 475 g/mol. The van der Waals surface area contributed by atoms with Gasteiger partial charge in [0, 0.05) is 33.7 Å². The minimum Gasteiger partial charge on any atom is -0.385 e. The number of hydrogen-bond acceptors (Lipinski definition) is 1. The number of aryl methyl sites for hydroxylation is 1. The number of nitrogens with one attached hydrogen (secondary N) is 1. The molecule has 3 heteroatoms. The van der Waals surface area contributed by atoms with Crippen molar-refractivity contribution >= 4 is 33.4 Å². The van der Waals surface area contributed by atoms with Crippen molar-refractivity contribution in [1.29, 1.82) is 0 Å². The molecule has 2 aromatic carbocycles. The number of allylic oxidation sites excluding steroid dienone is 1. The van der Waals surface area contributed by atoms with Crippen molar-refractivity contribution in [2.75, 3.05) is 18.9 Å². The lowest BCUT2D eigenvalue weighted by Crippen LogP contribution is -2.73. The van der Waals surface area contributed by atoms with Crippen LogP contribution in [0.3, 0.4) is 0 Å². The molecule has 2 rings (SSSR count). The standard InChI is InChI=1S/C23H31BrN2.2C2H6/c1-6-23(4,21-16-19(24)11-13-22(21)25-5)14-8-9-18-10-12-20(26-7-2)15-17(18)3;2*1-2/h8-13,15-16,25-26H,6-7,14H2,1-5H3;2*1-2H3/p+1/b9-8+;;. The van der Waals surface area contributed by atoms with Crippen LogP contribution in [-0.2, 0) is 5.41 Å². The zero-order valence-corrected chi connectivity index (χ0v) is 22.3. The molecule has 0 saturated carbocycles. The summed E-state index contributed by atoms with van der Waals surface area (Å²) in [5.41, 5.74) is 6.67. The van der Waals surface area contributed by atoms with E-state index in [0.717, 1.165) is 23.9 Å². The van der Waals surface area contributed by atoms with E-state index in [1.807, 2.05) is 27.7 Å². The minimum atomic E-state index is 0.125. The Balaban J connectivity index is 0.00000198. The first kappa shape index (κ1) is 28.4. The van der Waals surface area contributed by atoms with Gasteiger partial charge in [0.2, 0.25) is 0 Å². The topological polar surface area (TPSA) is 28.6 Å². The zero-order valence-electron chi connectivity index (χ0n) is 20.7. The summed E-state index contributed by atoms with van der Waals surface area (Å²) in [6, 6.07) is 13.2. The van der Waals surface area contributed by atoms with Gasteiger partial charge in [0.1, 0.15) is 5.69 Å². The summed E-state index contributed by atoms with van der Waals surface area (Å²) in [5.74, 6) is 0. The summed E-state index contributed by atoms with van der Waals surface area (Å²) in [5, 5.41) is 5.58. The molecule has 30 heavy (non-hydrogen) atoms. The molecule has 0 spiro atoms. The van der Waals surface area contributed by atoms with Gasteiger partial charge in [0.15, 0.2) is 0 Å². The Morgan fingerprint density at radius 3 is 2.23 bits per heavy atom. The highest BCUT2D eigenvalue weighted by Gasteiger charge is 2.27. The van der Waals surface area contributed by atoms with E-state index in [2.05, 4.69) is 110 Å². The molecule has 0 heterocycles. The summed E-state index contributed by atoms with van der Waals surface area (Å²) < 4.78 is 1.15. The molecule has 0 amide bonds. The Labute approximate surface area is 194 Å². The van der Waals surface area contributed by atoms with Crippen LogP contribution in [0.25, 0.3) is 6.08 Å². The maximum atomic E-state index is 3.64. The van der Waals surface area contributed by atoms with Crippen molar-refractivity contribution in [1.82, 2.24) is 0 Å². The Bertz CT molecular complexity index is 767. The van der Waals surface area contributed by atoms with Crippen LogP contribution in [0.2, 0.25) is 0 Å². The predicted octanol–water partition coefficient (Wildman–Crippen LogP) is 7.84. The molecule has 168 valence electrons. The van der Waals surface area contributed by atoms with Gasteiger partial charge in [-0.2, -0.15) is 0 Å². The third kappa shape index (κ3) is 8.28. The van der Waals surface area contributed by atoms with E-state index in [9.17, 15) is 0 Å². The van der Waals surface area contributed by atoms with Gasteiger partial charge in [-0.3, -0.25) is 0 Å². The number of halogens is 1. The summed E-state index contributed by atoms with van der Waals surface area (Å²) in [7, 11) is 2.12. The molecule has 1 atom stereocenters. The van der Waals surface area contributed by atoms with Crippen LogP contribution < -0.4 is 10.6 Å². The van der Waals surface area contributed by atoms with E-state index in [4.69, 9.17) is 0 Å². The van der Waals surface area contributed by atoms with Gasteiger partial charge in [-0.15, -0.1) is 0 Å². The SMILES string of the molecule is CC.CC.CCNc1ccc(/C=C/CC(C)(CC)c2cc(Br)ccc2[NH2+]C)c(C)c1. The van der Waals surface area contributed by atoms with E-state index < -0.39 is 0 Å². The third-order valence-electron chi connectivity index (χ3n) is 5.27. The molecule has 0 bridgehead atoms. The van der Waals surface area contributed by atoms with Crippen LogP contribution >= 0.6 is 15.9 Å². The smallest absolute Gasteiger partial charge is 0.133 e. The van der Waals surface area contributed by atoms with Gasteiger partial charge in [-0.25, -0.2) is 0 Å². The molecule has 1 unspecified atom stereocenters. The Morgan fingerprint density at radius 1 is 1.03 bits per heavy atom. The maximum Gasteiger partial charge on any atom is 0.133 e. The molecule has 3 N–H and O–H groups in total. The molecule has 0 aliphatic carbocycles. The number of hydrogen-bond donors (Lipinski definition) is 2. The third-order valence-corrected chi connectivity index (χ3v) is 5.77. The van der Waals surface area contributed by atoms with Crippen molar-refractivity contribution in [3.8, 4) is 0 Å². The first-order valence-electron chi connectivity index (χ1n) is 11.5. The molecular formula is C27H44BrN2+. The zero-order chi connectivity index (χ0) is 23.2. The lowest BCUT2D eigenvalue weighted by Gasteiger charge is -2.28. The van der Waals surface area contributed by atoms with Crippen LogP contribution in [0.1, 0.15) is 78.0 Å². The fourth-order valence-electron chi connectivity index (χ4n) is 3.37. The largest absolute Gasteiger partial charge is 0.385 e. The summed E-state index contributed by atoms with van der Waals surface area (Å²) >= 11 is 3.64. The number of rotatable bonds is 8. The van der Waals surface area contributed by atoms with Gasteiger partial charge in [-0.1, -0.05) is 75.7 Å². The molecule has 0 radical (unpaired) electrons. The number of benzene rings is 2. The summed E-state index contributed by atoms with van der Waals surface area (Å²) in [4.78, 5) is 0. The lowest BCUT2D eigenvalue weighted by atomic mass is 9.76. The van der Waals surface area contributed by atoms with Crippen LogP contribution in [-0.4, -0.2) is 13.6 Å². The molecule has 0 aliphatic rings. The molecule has 0 saturated heterocycles. The number of quaternary nitrogens is 1. The molecule has 2 nitrogen and oxygen atoms in total. The average Bonchev–Trinajstić information content (AvgIpc) is 2.78. The van der Waals surface area contributed by atoms with Gasteiger partial charge >= 0.3 is 0 Å². The molecule has 0 aliphatic heterocycles. The van der Waals surface area contributed by atoms with E-state index >= 15 is 0 Å². The fraction of sp³-hybridized carbons (Fsp3) is 0.481. The Hall–Kier alpha value is -1.58. The normalized spacial score (nSPS) is 12.3. The maximum absolute atomic E-state index is 3.64. The van der Waals surface area contributed by atoms with Crippen molar-refractivity contribution in [2.45, 2.75) is 73.6 Å². The number of nitrogens with two attached hydrogens (primary N) is 1. The van der Waals surface area contributed by atoms with Gasteiger partial charge in [0.05, 0.1) is 7.05 Å². The van der Waals surface area contributed by atoms with Crippen molar-refractivity contribution < 1.29 is 5.32 Å².